The molecular formula is C69H131NO5. The summed E-state index contributed by atoms with van der Waals surface area (Å²) in [6, 6.07) is -0.544. The number of unbranched alkanes of at least 4 members (excludes halogenated alkanes) is 46. The maximum absolute atomic E-state index is 12.5. The van der Waals surface area contributed by atoms with E-state index in [2.05, 4.69) is 55.6 Å². The summed E-state index contributed by atoms with van der Waals surface area (Å²) in [7, 11) is 0. The summed E-state index contributed by atoms with van der Waals surface area (Å²) in [5.74, 6) is -0.0290. The van der Waals surface area contributed by atoms with E-state index in [1.165, 1.54) is 283 Å². The second-order valence-corrected chi connectivity index (χ2v) is 23.1. The molecule has 6 heteroatoms. The largest absolute Gasteiger partial charge is 0.466 e. The predicted molar refractivity (Wildman–Crippen MR) is 329 cm³/mol. The van der Waals surface area contributed by atoms with Gasteiger partial charge in [0.05, 0.1) is 25.4 Å². The van der Waals surface area contributed by atoms with Gasteiger partial charge in [0, 0.05) is 12.8 Å². The second kappa shape index (κ2) is 64.6. The number of aliphatic hydroxyl groups is 2. The molecule has 0 heterocycles. The summed E-state index contributed by atoms with van der Waals surface area (Å²) >= 11 is 0. The molecule has 0 fully saturated rings. The van der Waals surface area contributed by atoms with Gasteiger partial charge in [-0.15, -0.1) is 0 Å². The van der Waals surface area contributed by atoms with Gasteiger partial charge in [0.15, 0.2) is 0 Å². The number of amides is 1. The van der Waals surface area contributed by atoms with Crippen LogP contribution in [-0.2, 0) is 14.3 Å². The van der Waals surface area contributed by atoms with E-state index in [0.29, 0.717) is 25.9 Å². The van der Waals surface area contributed by atoms with Crippen molar-refractivity contribution in [2.45, 2.75) is 379 Å². The third-order valence-corrected chi connectivity index (χ3v) is 15.7. The highest BCUT2D eigenvalue weighted by atomic mass is 16.5. The Labute approximate surface area is 468 Å². The number of nitrogens with one attached hydrogen (secondary N) is 1. The summed E-state index contributed by atoms with van der Waals surface area (Å²) in [4.78, 5) is 24.6. The topological polar surface area (TPSA) is 95.9 Å². The zero-order valence-corrected chi connectivity index (χ0v) is 50.5. The lowest BCUT2D eigenvalue weighted by Crippen LogP contribution is -2.45. The first-order valence-corrected chi connectivity index (χ1v) is 33.7. The maximum Gasteiger partial charge on any atom is 0.305 e. The standard InChI is InChI=1S/C69H131NO5/c1-3-5-7-9-11-13-15-17-19-31-35-39-43-47-51-55-59-63-69(74)75-64-60-56-52-48-44-40-36-33-30-28-26-24-22-20-21-23-25-27-29-32-34-38-42-46-50-54-58-62-68(73)70-66(65-71)67(72)61-57-53-49-45-41-37-18-16-14-12-10-8-6-4-2/h17,19-21,24,26,66-67,71-72H,3-16,18,22-23,25,27-65H2,1-2H3,(H,70,73)/b19-17-,21-20-,26-24-. The fourth-order valence-corrected chi connectivity index (χ4v) is 10.5. The van der Waals surface area contributed by atoms with Crippen molar-refractivity contribution in [1.29, 1.82) is 0 Å². The third-order valence-electron chi connectivity index (χ3n) is 15.7. The molecule has 0 aromatic rings. The van der Waals surface area contributed by atoms with Crippen molar-refractivity contribution in [1.82, 2.24) is 5.32 Å². The number of carbonyl (C=O) groups is 2. The minimum atomic E-state index is -0.666. The van der Waals surface area contributed by atoms with E-state index in [1.54, 1.807) is 0 Å². The van der Waals surface area contributed by atoms with Crippen molar-refractivity contribution in [2.75, 3.05) is 13.2 Å². The highest BCUT2D eigenvalue weighted by Gasteiger charge is 2.20. The molecule has 0 spiro atoms. The number of allylic oxidation sites excluding steroid dienone is 6. The lowest BCUT2D eigenvalue weighted by molar-refractivity contribution is -0.143. The highest BCUT2D eigenvalue weighted by Crippen LogP contribution is 2.18. The quantitative estimate of drug-likeness (QED) is 0.0320. The summed E-state index contributed by atoms with van der Waals surface area (Å²) in [5.41, 5.74) is 0. The van der Waals surface area contributed by atoms with Crippen molar-refractivity contribution in [3.8, 4) is 0 Å². The summed E-state index contributed by atoms with van der Waals surface area (Å²) in [5, 5.41) is 23.3. The van der Waals surface area contributed by atoms with E-state index in [0.717, 1.165) is 51.4 Å². The number of aliphatic hydroxyl groups excluding tert-OH is 2. The minimum Gasteiger partial charge on any atom is -0.466 e. The Morgan fingerprint density at radius 3 is 1.03 bits per heavy atom. The van der Waals surface area contributed by atoms with Crippen LogP contribution in [0, 0.1) is 0 Å². The lowest BCUT2D eigenvalue weighted by Gasteiger charge is -2.22. The number of carbonyl (C=O) groups excluding carboxylic acids is 2. The van der Waals surface area contributed by atoms with Crippen LogP contribution in [0.4, 0.5) is 0 Å². The van der Waals surface area contributed by atoms with Gasteiger partial charge in [-0.2, -0.15) is 0 Å². The van der Waals surface area contributed by atoms with E-state index in [-0.39, 0.29) is 18.5 Å². The summed E-state index contributed by atoms with van der Waals surface area (Å²) in [6.45, 7) is 4.96. The van der Waals surface area contributed by atoms with Crippen molar-refractivity contribution < 1.29 is 24.5 Å². The molecule has 0 bridgehead atoms. The average Bonchev–Trinajstić information content (AvgIpc) is 3.41. The third kappa shape index (κ3) is 61.2. The van der Waals surface area contributed by atoms with Crippen molar-refractivity contribution >= 4 is 11.9 Å². The molecule has 0 aromatic carbocycles. The van der Waals surface area contributed by atoms with E-state index in [9.17, 15) is 19.8 Å². The van der Waals surface area contributed by atoms with Gasteiger partial charge in [-0.1, -0.05) is 307 Å². The van der Waals surface area contributed by atoms with E-state index >= 15 is 0 Å². The van der Waals surface area contributed by atoms with Gasteiger partial charge in [0.25, 0.3) is 0 Å². The second-order valence-electron chi connectivity index (χ2n) is 23.1. The van der Waals surface area contributed by atoms with Gasteiger partial charge in [-0.3, -0.25) is 9.59 Å². The molecule has 2 atom stereocenters. The molecule has 6 nitrogen and oxygen atoms in total. The van der Waals surface area contributed by atoms with Gasteiger partial charge in [0.2, 0.25) is 5.91 Å². The Morgan fingerprint density at radius 2 is 0.667 bits per heavy atom. The Morgan fingerprint density at radius 1 is 0.373 bits per heavy atom. The van der Waals surface area contributed by atoms with Crippen LogP contribution in [0.1, 0.15) is 367 Å². The van der Waals surface area contributed by atoms with Gasteiger partial charge in [-0.05, 0) is 83.5 Å². The molecule has 0 aliphatic rings. The van der Waals surface area contributed by atoms with Gasteiger partial charge < -0.3 is 20.3 Å². The van der Waals surface area contributed by atoms with Crippen LogP contribution in [0.3, 0.4) is 0 Å². The monoisotopic (exact) mass is 1050 g/mol. The number of ether oxygens (including phenoxy) is 1. The molecule has 0 aliphatic carbocycles. The highest BCUT2D eigenvalue weighted by molar-refractivity contribution is 5.76. The van der Waals surface area contributed by atoms with E-state index in [1.807, 2.05) is 0 Å². The average molecular weight is 1050 g/mol. The summed E-state index contributed by atoms with van der Waals surface area (Å²) < 4.78 is 5.49. The fraction of sp³-hybridized carbons (Fsp3) is 0.884. The predicted octanol–water partition coefficient (Wildman–Crippen LogP) is 21.5. The van der Waals surface area contributed by atoms with Gasteiger partial charge in [0.1, 0.15) is 0 Å². The van der Waals surface area contributed by atoms with Crippen LogP contribution in [0.5, 0.6) is 0 Å². The normalized spacial score (nSPS) is 12.7. The van der Waals surface area contributed by atoms with Gasteiger partial charge >= 0.3 is 5.97 Å². The lowest BCUT2D eigenvalue weighted by atomic mass is 10.0. The first-order chi connectivity index (χ1) is 37.0. The SMILES string of the molecule is CCCCCCCC/C=C\CCCCCCCCCC(=O)OCCCCCCCCCCC/C=C\C/C=C\CCCCCCCCCCCCCC(=O)NC(CO)C(O)CCCCCCCCCCCCCCCC. The molecule has 0 radical (unpaired) electrons. The first-order valence-electron chi connectivity index (χ1n) is 33.7. The molecular weight excluding hydrogens is 923 g/mol. The minimum absolute atomic E-state index is 0.00760. The fourth-order valence-electron chi connectivity index (χ4n) is 10.5. The van der Waals surface area contributed by atoms with Crippen LogP contribution in [-0.4, -0.2) is 47.4 Å². The van der Waals surface area contributed by atoms with Crippen LogP contribution in [0.25, 0.3) is 0 Å². The molecule has 1 amide bonds. The molecule has 0 saturated carbocycles. The van der Waals surface area contributed by atoms with Crippen LogP contribution in [0.2, 0.25) is 0 Å². The molecule has 75 heavy (non-hydrogen) atoms. The molecule has 0 aromatic heterocycles. The smallest absolute Gasteiger partial charge is 0.305 e. The zero-order valence-electron chi connectivity index (χ0n) is 50.5. The maximum atomic E-state index is 12.5. The Bertz CT molecular complexity index is 1210. The number of hydrogen-bond donors (Lipinski definition) is 3. The van der Waals surface area contributed by atoms with Crippen molar-refractivity contribution in [3.05, 3.63) is 36.5 Å². The van der Waals surface area contributed by atoms with Crippen molar-refractivity contribution in [3.63, 3.8) is 0 Å². The zero-order chi connectivity index (χ0) is 54.3. The van der Waals surface area contributed by atoms with E-state index in [4.69, 9.17) is 4.74 Å². The molecule has 0 saturated heterocycles. The number of hydrogen-bond acceptors (Lipinski definition) is 5. The van der Waals surface area contributed by atoms with Crippen LogP contribution in [0.15, 0.2) is 36.5 Å². The molecule has 3 N–H and O–H groups in total. The van der Waals surface area contributed by atoms with E-state index < -0.39 is 12.1 Å². The number of rotatable bonds is 63. The molecule has 2 unspecified atom stereocenters. The van der Waals surface area contributed by atoms with Crippen molar-refractivity contribution in [2.24, 2.45) is 0 Å². The van der Waals surface area contributed by atoms with Gasteiger partial charge in [-0.25, -0.2) is 0 Å². The Balaban J connectivity index is 3.40. The Hall–Kier alpha value is -1.92. The molecule has 442 valence electrons. The van der Waals surface area contributed by atoms with Crippen LogP contribution < -0.4 is 5.32 Å². The molecule has 0 rings (SSSR count). The Kier molecular flexibility index (Phi) is 63.0. The summed E-state index contributed by atoms with van der Waals surface area (Å²) in [6.07, 6.45) is 81.8. The first kappa shape index (κ1) is 73.1. The number of esters is 1. The molecule has 0 aliphatic heterocycles. The van der Waals surface area contributed by atoms with Crippen LogP contribution >= 0.6 is 0 Å².